The number of hydrogen-bond donors (Lipinski definition) is 11. The molecule has 3 aliphatic heterocycles. The van der Waals surface area contributed by atoms with E-state index in [0.717, 1.165) is 0 Å². The van der Waals surface area contributed by atoms with Gasteiger partial charge in [-0.2, -0.15) is 0 Å². The minimum Gasteiger partial charge on any atom is -0.393 e. The molecular formula is C46H78O19. The predicted octanol–water partition coefficient (Wildman–Crippen LogP) is -1.45. The molecule has 3 saturated heterocycles. The first kappa shape index (κ1) is 51.8. The molecule has 0 spiro atoms. The van der Waals surface area contributed by atoms with Crippen molar-refractivity contribution >= 4 is 0 Å². The molecular weight excluding hydrogens is 856 g/mol. The summed E-state index contributed by atoms with van der Waals surface area (Å²) in [5.74, 6) is -2.12. The maximum absolute atomic E-state index is 12.7. The molecule has 7 aliphatic rings. The number of hydrogen-bond acceptors (Lipinski definition) is 19. The largest absolute Gasteiger partial charge is 0.393 e. The van der Waals surface area contributed by atoms with Gasteiger partial charge < -0.3 is 94.1 Å². The van der Waals surface area contributed by atoms with Crippen molar-refractivity contribution in [2.24, 2.45) is 52.3 Å². The predicted molar refractivity (Wildman–Crippen MR) is 226 cm³/mol. The minimum absolute atomic E-state index is 0.00273. The van der Waals surface area contributed by atoms with E-state index in [-0.39, 0.29) is 56.5 Å². The van der Waals surface area contributed by atoms with Crippen LogP contribution in [0.25, 0.3) is 0 Å². The van der Waals surface area contributed by atoms with Crippen LogP contribution >= 0.6 is 0 Å². The van der Waals surface area contributed by atoms with Gasteiger partial charge in [-0.3, -0.25) is 0 Å². The monoisotopic (exact) mass is 935 g/mol. The molecule has 0 aromatic rings. The second-order valence-corrected chi connectivity index (χ2v) is 21.2. The van der Waals surface area contributed by atoms with Crippen molar-refractivity contribution in [2.75, 3.05) is 40.6 Å². The SMILES string of the molecule is CO[C@@H]1[C@@H](O)[C@H](O[C@@H]2CO[C@@H](O[C@@H]3CO[C@@H](OCC[C@H](/C=C/[C@@H](C)[C@H]4[C@@H](O)[C@@H](O)[C@@H]5[C@]4(C)CCC4[C@@]6(C)CC[C@H](O)[C@H](O)C6[C@@H](O)C[C@]45O)C(C)C)[C@H](O)[C@H]3O)[C@H](O)[C@H]2OC)OC[C@H]1O. The van der Waals surface area contributed by atoms with Crippen LogP contribution in [-0.4, -0.2) is 207 Å². The van der Waals surface area contributed by atoms with Crippen molar-refractivity contribution in [3.05, 3.63) is 12.2 Å². The van der Waals surface area contributed by atoms with Crippen molar-refractivity contribution in [1.82, 2.24) is 0 Å². The lowest BCUT2D eigenvalue weighted by Crippen LogP contribution is -2.71. The summed E-state index contributed by atoms with van der Waals surface area (Å²) in [7, 11) is 2.69. The molecule has 0 aromatic carbocycles. The van der Waals surface area contributed by atoms with Crippen LogP contribution in [0, 0.1) is 52.3 Å². The van der Waals surface area contributed by atoms with E-state index in [4.69, 9.17) is 37.9 Å². The van der Waals surface area contributed by atoms with Gasteiger partial charge in [0.15, 0.2) is 18.9 Å². The zero-order valence-corrected chi connectivity index (χ0v) is 38.8. The van der Waals surface area contributed by atoms with Gasteiger partial charge in [0.2, 0.25) is 0 Å². The summed E-state index contributed by atoms with van der Waals surface area (Å²) >= 11 is 0. The van der Waals surface area contributed by atoms with Crippen LogP contribution in [0.5, 0.6) is 0 Å². The van der Waals surface area contributed by atoms with Crippen LogP contribution in [-0.2, 0) is 37.9 Å². The topological polar surface area (TPSA) is 296 Å². The molecule has 0 amide bonds. The second-order valence-electron chi connectivity index (χ2n) is 21.2. The van der Waals surface area contributed by atoms with Crippen LogP contribution < -0.4 is 0 Å². The Kier molecular flexibility index (Phi) is 16.2. The Hall–Kier alpha value is -1.02. The maximum atomic E-state index is 12.7. The molecule has 4 aliphatic carbocycles. The summed E-state index contributed by atoms with van der Waals surface area (Å²) in [6.45, 7) is 9.83. The standard InChI is InChI=1S/C46H78O19/c1-20(2)22(9-8-21(3)29-33(52)34(53)40-45(29,5)14-11-28-44(4)13-10-23(47)31(50)30(44)24(48)16-46(28,40)57)12-15-60-41-35(54)32(51)26(18-62-41)64-43-37(56)39(59-7)27(19-63-43)65-42-36(55)38(58-6)25(49)17-61-42/h8-9,20-43,47-57H,10-19H2,1-7H3/b9-8+/t21-,22+,23+,24+,25-,26-,27-,28?,29+,30?,31+,32+,33-,34-,35-,36-,37-,38+,39+,40-,41-,42+,43+,44-,45-,46+/m1/s1. The van der Waals surface area contributed by atoms with Gasteiger partial charge in [0.05, 0.1) is 62.5 Å². The van der Waals surface area contributed by atoms with Crippen LogP contribution in [0.3, 0.4) is 0 Å². The van der Waals surface area contributed by atoms with Gasteiger partial charge in [0.1, 0.15) is 54.9 Å². The van der Waals surface area contributed by atoms with Crippen molar-refractivity contribution < 1.29 is 94.1 Å². The van der Waals surface area contributed by atoms with E-state index in [9.17, 15) is 56.2 Å². The highest BCUT2D eigenvalue weighted by Crippen LogP contribution is 2.69. The smallest absolute Gasteiger partial charge is 0.186 e. The number of ether oxygens (including phenoxy) is 8. The molecule has 0 bridgehead atoms. The van der Waals surface area contributed by atoms with Gasteiger partial charge in [0, 0.05) is 32.5 Å². The summed E-state index contributed by atoms with van der Waals surface area (Å²) in [6.07, 6.45) is -13.3. The van der Waals surface area contributed by atoms with E-state index in [2.05, 4.69) is 26.0 Å². The highest BCUT2D eigenvalue weighted by Gasteiger charge is 2.73. The Balaban J connectivity index is 0.914. The van der Waals surface area contributed by atoms with E-state index >= 15 is 0 Å². The van der Waals surface area contributed by atoms with Crippen molar-refractivity contribution in [2.45, 2.75) is 183 Å². The number of allylic oxidation sites excluding steroid dienone is 2. The molecule has 4 saturated carbocycles. The molecule has 65 heavy (non-hydrogen) atoms. The molecule has 0 aromatic heterocycles. The Morgan fingerprint density at radius 2 is 1.22 bits per heavy atom. The van der Waals surface area contributed by atoms with Gasteiger partial charge in [-0.1, -0.05) is 46.8 Å². The van der Waals surface area contributed by atoms with Crippen molar-refractivity contribution in [1.29, 1.82) is 0 Å². The third kappa shape index (κ3) is 9.38. The normalized spacial score (nSPS) is 52.5. The van der Waals surface area contributed by atoms with Gasteiger partial charge in [0.25, 0.3) is 0 Å². The molecule has 0 radical (unpaired) electrons. The van der Waals surface area contributed by atoms with E-state index < -0.39 is 139 Å². The lowest BCUT2D eigenvalue weighted by molar-refractivity contribution is -0.351. The Morgan fingerprint density at radius 3 is 1.88 bits per heavy atom. The molecule has 376 valence electrons. The highest BCUT2D eigenvalue weighted by molar-refractivity contribution is 5.23. The third-order valence-electron chi connectivity index (χ3n) is 17.1. The van der Waals surface area contributed by atoms with Gasteiger partial charge in [-0.15, -0.1) is 0 Å². The fourth-order valence-corrected chi connectivity index (χ4v) is 13.8. The van der Waals surface area contributed by atoms with Crippen LogP contribution in [0.2, 0.25) is 0 Å². The van der Waals surface area contributed by atoms with E-state index in [1.54, 1.807) is 0 Å². The van der Waals surface area contributed by atoms with Crippen molar-refractivity contribution in [3.63, 3.8) is 0 Å². The van der Waals surface area contributed by atoms with Crippen molar-refractivity contribution in [3.8, 4) is 0 Å². The van der Waals surface area contributed by atoms with Crippen LogP contribution in [0.1, 0.15) is 73.1 Å². The zero-order chi connectivity index (χ0) is 47.5. The van der Waals surface area contributed by atoms with E-state index in [1.165, 1.54) is 14.2 Å². The first-order valence-electron chi connectivity index (χ1n) is 23.7. The van der Waals surface area contributed by atoms with Gasteiger partial charge in [-0.05, 0) is 72.5 Å². The van der Waals surface area contributed by atoms with Gasteiger partial charge >= 0.3 is 0 Å². The van der Waals surface area contributed by atoms with Gasteiger partial charge in [-0.25, -0.2) is 0 Å². The molecule has 11 N–H and O–H groups in total. The number of methoxy groups -OCH3 is 2. The minimum atomic E-state index is -1.51. The molecule has 26 atom stereocenters. The first-order valence-corrected chi connectivity index (χ1v) is 23.7. The number of aliphatic hydroxyl groups is 11. The average Bonchev–Trinajstić information content (AvgIpc) is 3.46. The fraction of sp³-hybridized carbons (Fsp3) is 0.957. The third-order valence-corrected chi connectivity index (χ3v) is 17.1. The Labute approximate surface area is 381 Å². The average molecular weight is 935 g/mol. The van der Waals surface area contributed by atoms with E-state index in [0.29, 0.717) is 32.1 Å². The lowest BCUT2D eigenvalue weighted by atomic mass is 9.41. The second kappa shape index (κ2) is 20.4. The number of aliphatic hydroxyl groups excluding tert-OH is 10. The lowest BCUT2D eigenvalue weighted by Gasteiger charge is -2.66. The Morgan fingerprint density at radius 1 is 0.615 bits per heavy atom. The molecule has 19 nitrogen and oxygen atoms in total. The molecule has 7 rings (SSSR count). The van der Waals surface area contributed by atoms with E-state index in [1.807, 2.05) is 20.8 Å². The Bertz CT molecular complexity index is 1590. The zero-order valence-electron chi connectivity index (χ0n) is 38.8. The van der Waals surface area contributed by atoms with Crippen LogP contribution in [0.4, 0.5) is 0 Å². The molecule has 2 unspecified atom stereocenters. The summed E-state index contributed by atoms with van der Waals surface area (Å²) in [5.41, 5.74) is -2.82. The molecule has 7 fully saturated rings. The summed E-state index contributed by atoms with van der Waals surface area (Å²) in [4.78, 5) is 0. The number of fused-ring (bicyclic) bond motifs is 5. The first-order chi connectivity index (χ1) is 30.6. The summed E-state index contributed by atoms with van der Waals surface area (Å²) in [5, 5.41) is 123. The van der Waals surface area contributed by atoms with Crippen LogP contribution in [0.15, 0.2) is 12.2 Å². The fourth-order valence-electron chi connectivity index (χ4n) is 13.8. The summed E-state index contributed by atoms with van der Waals surface area (Å²) in [6, 6.07) is 0. The maximum Gasteiger partial charge on any atom is 0.186 e. The molecule has 3 heterocycles. The quantitative estimate of drug-likeness (QED) is 0.0889. The highest BCUT2D eigenvalue weighted by atomic mass is 16.8. The summed E-state index contributed by atoms with van der Waals surface area (Å²) < 4.78 is 45.4. The molecule has 19 heteroatoms. The number of rotatable bonds is 14.